The second-order valence-electron chi connectivity index (χ2n) is 5.16. The van der Waals surface area contributed by atoms with Crippen LogP contribution in [0.3, 0.4) is 0 Å². The lowest BCUT2D eigenvalue weighted by molar-refractivity contribution is -0.129. The molecule has 1 N–H and O–H groups in total. The van der Waals surface area contributed by atoms with Crippen LogP contribution in [-0.4, -0.2) is 35.8 Å². The third kappa shape index (κ3) is 5.52. The molecule has 0 atom stereocenters. The molecule has 0 heterocycles. The van der Waals surface area contributed by atoms with Gasteiger partial charge in [-0.3, -0.25) is 9.59 Å². The minimum absolute atomic E-state index is 0.0577. The molecule has 0 aliphatic heterocycles. The molecule has 0 bridgehead atoms. The lowest BCUT2D eigenvalue weighted by Crippen LogP contribution is -2.39. The van der Waals surface area contributed by atoms with E-state index >= 15 is 0 Å². The average molecular weight is 254 g/mol. The predicted octanol–water partition coefficient (Wildman–Crippen LogP) is 2.08. The van der Waals surface area contributed by atoms with Gasteiger partial charge in [-0.05, 0) is 19.3 Å². The van der Waals surface area contributed by atoms with Crippen LogP contribution in [0.1, 0.15) is 58.8 Å². The van der Waals surface area contributed by atoms with Crippen molar-refractivity contribution >= 4 is 11.8 Å². The Morgan fingerprint density at radius 2 is 1.83 bits per heavy atom. The summed E-state index contributed by atoms with van der Waals surface area (Å²) in [5, 5.41) is 3.08. The van der Waals surface area contributed by atoms with E-state index in [4.69, 9.17) is 0 Å². The highest BCUT2D eigenvalue weighted by Gasteiger charge is 2.16. The summed E-state index contributed by atoms with van der Waals surface area (Å²) >= 11 is 0. The largest absolute Gasteiger partial charge is 0.353 e. The maximum Gasteiger partial charge on any atom is 0.221 e. The second-order valence-corrected chi connectivity index (χ2v) is 5.16. The van der Waals surface area contributed by atoms with Crippen LogP contribution < -0.4 is 5.32 Å². The van der Waals surface area contributed by atoms with E-state index in [-0.39, 0.29) is 11.8 Å². The third-order valence-electron chi connectivity index (χ3n) is 3.52. The number of nitrogens with one attached hydrogen (secondary N) is 1. The van der Waals surface area contributed by atoms with Gasteiger partial charge in [0.25, 0.3) is 0 Å². The highest BCUT2D eigenvalue weighted by atomic mass is 16.2. The maximum absolute atomic E-state index is 11.8. The van der Waals surface area contributed by atoms with E-state index in [1.165, 1.54) is 19.3 Å². The van der Waals surface area contributed by atoms with Gasteiger partial charge < -0.3 is 10.2 Å². The first-order valence-corrected chi connectivity index (χ1v) is 7.18. The highest BCUT2D eigenvalue weighted by Crippen LogP contribution is 2.17. The number of hydrogen-bond acceptors (Lipinski definition) is 2. The Bertz CT molecular complexity index is 273. The predicted molar refractivity (Wildman–Crippen MR) is 72.2 cm³/mol. The van der Waals surface area contributed by atoms with Crippen LogP contribution >= 0.6 is 0 Å². The molecular weight excluding hydrogens is 228 g/mol. The molecule has 0 aromatic carbocycles. The lowest BCUT2D eigenvalue weighted by Gasteiger charge is -2.24. The summed E-state index contributed by atoms with van der Waals surface area (Å²) in [4.78, 5) is 24.9. The maximum atomic E-state index is 11.8. The molecule has 1 fully saturated rings. The van der Waals surface area contributed by atoms with E-state index in [0.717, 1.165) is 25.8 Å². The van der Waals surface area contributed by atoms with E-state index < -0.39 is 0 Å². The minimum Gasteiger partial charge on any atom is -0.353 e. The van der Waals surface area contributed by atoms with Gasteiger partial charge in [-0.2, -0.15) is 0 Å². The Morgan fingerprint density at radius 3 is 2.39 bits per heavy atom. The molecule has 1 saturated carbocycles. The second kappa shape index (κ2) is 8.11. The van der Waals surface area contributed by atoms with Crippen molar-refractivity contribution in [1.29, 1.82) is 0 Å². The van der Waals surface area contributed by atoms with Crippen molar-refractivity contribution in [1.82, 2.24) is 10.2 Å². The third-order valence-corrected chi connectivity index (χ3v) is 3.52. The van der Waals surface area contributed by atoms with E-state index in [1.807, 2.05) is 6.92 Å². The molecule has 1 aliphatic carbocycles. The van der Waals surface area contributed by atoms with E-state index in [9.17, 15) is 9.59 Å². The topological polar surface area (TPSA) is 49.4 Å². The van der Waals surface area contributed by atoms with E-state index in [1.54, 1.807) is 11.8 Å². The first-order chi connectivity index (χ1) is 8.63. The van der Waals surface area contributed by atoms with Crippen LogP contribution in [0.4, 0.5) is 0 Å². The van der Waals surface area contributed by atoms with Gasteiger partial charge in [0, 0.05) is 32.5 Å². The molecule has 0 saturated heterocycles. The first-order valence-electron chi connectivity index (χ1n) is 7.18. The molecule has 0 aromatic heterocycles. The van der Waals surface area contributed by atoms with Gasteiger partial charge in [0.2, 0.25) is 11.8 Å². The molecule has 0 aromatic rings. The van der Waals surface area contributed by atoms with Gasteiger partial charge in [-0.1, -0.05) is 26.2 Å². The number of amides is 2. The van der Waals surface area contributed by atoms with Crippen molar-refractivity contribution in [2.45, 2.75) is 64.8 Å². The fourth-order valence-electron chi connectivity index (χ4n) is 2.48. The average Bonchev–Trinajstić information content (AvgIpc) is 2.35. The molecule has 1 aliphatic rings. The van der Waals surface area contributed by atoms with Crippen molar-refractivity contribution in [3.63, 3.8) is 0 Å². The van der Waals surface area contributed by atoms with Crippen molar-refractivity contribution in [3.05, 3.63) is 0 Å². The normalized spacial score (nSPS) is 16.3. The molecule has 4 nitrogen and oxygen atoms in total. The molecule has 0 spiro atoms. The van der Waals surface area contributed by atoms with Crippen LogP contribution in [0.5, 0.6) is 0 Å². The van der Waals surface area contributed by atoms with Crippen molar-refractivity contribution in [2.75, 3.05) is 13.1 Å². The molecule has 18 heavy (non-hydrogen) atoms. The fraction of sp³-hybridized carbons (Fsp3) is 0.857. The van der Waals surface area contributed by atoms with Crippen LogP contribution in [0.15, 0.2) is 0 Å². The van der Waals surface area contributed by atoms with Crippen molar-refractivity contribution in [2.24, 2.45) is 0 Å². The Balaban J connectivity index is 2.24. The molecule has 4 heteroatoms. The Morgan fingerprint density at radius 1 is 1.17 bits per heavy atom. The number of rotatable bonds is 6. The monoisotopic (exact) mass is 254 g/mol. The Hall–Kier alpha value is -1.06. The molecule has 1 rings (SSSR count). The van der Waals surface area contributed by atoms with E-state index in [0.29, 0.717) is 19.0 Å². The zero-order chi connectivity index (χ0) is 13.4. The summed E-state index contributed by atoms with van der Waals surface area (Å²) in [7, 11) is 0. The van der Waals surface area contributed by atoms with Crippen LogP contribution in [0, 0.1) is 0 Å². The smallest absolute Gasteiger partial charge is 0.221 e. The lowest BCUT2D eigenvalue weighted by atomic mass is 9.95. The fourth-order valence-corrected chi connectivity index (χ4v) is 2.48. The van der Waals surface area contributed by atoms with Gasteiger partial charge in [0.05, 0.1) is 0 Å². The molecule has 104 valence electrons. The Labute approximate surface area is 110 Å². The molecular formula is C14H26N2O2. The zero-order valence-electron chi connectivity index (χ0n) is 11.7. The number of carbonyl (C=O) groups is 2. The SMILES string of the molecule is CCCN(CCC(=O)NC1CCCCC1)C(C)=O. The number of hydrogen-bond donors (Lipinski definition) is 1. The summed E-state index contributed by atoms with van der Waals surface area (Å²) in [6.07, 6.45) is 7.32. The minimum atomic E-state index is 0.0577. The van der Waals surface area contributed by atoms with E-state index in [2.05, 4.69) is 5.32 Å². The van der Waals surface area contributed by atoms with Gasteiger partial charge in [-0.25, -0.2) is 0 Å². The van der Waals surface area contributed by atoms with Crippen LogP contribution in [0.25, 0.3) is 0 Å². The van der Waals surface area contributed by atoms with Crippen LogP contribution in [0.2, 0.25) is 0 Å². The summed E-state index contributed by atoms with van der Waals surface area (Å²) in [6, 6.07) is 0.364. The summed E-state index contributed by atoms with van der Waals surface area (Å²) in [5.74, 6) is 0.145. The van der Waals surface area contributed by atoms with Crippen molar-refractivity contribution < 1.29 is 9.59 Å². The van der Waals surface area contributed by atoms with Gasteiger partial charge in [0.1, 0.15) is 0 Å². The Kier molecular flexibility index (Phi) is 6.76. The highest BCUT2D eigenvalue weighted by molar-refractivity contribution is 5.78. The summed E-state index contributed by atoms with van der Waals surface area (Å²) in [6.45, 7) is 4.89. The van der Waals surface area contributed by atoms with Gasteiger partial charge in [-0.15, -0.1) is 0 Å². The standard InChI is InChI=1S/C14H26N2O2/c1-3-10-16(12(2)17)11-9-14(18)15-13-7-5-4-6-8-13/h13H,3-11H2,1-2H3,(H,15,18). The summed E-state index contributed by atoms with van der Waals surface area (Å²) < 4.78 is 0. The quantitative estimate of drug-likeness (QED) is 0.789. The zero-order valence-corrected chi connectivity index (χ0v) is 11.7. The van der Waals surface area contributed by atoms with Crippen LogP contribution in [-0.2, 0) is 9.59 Å². The van der Waals surface area contributed by atoms with Gasteiger partial charge >= 0.3 is 0 Å². The summed E-state index contributed by atoms with van der Waals surface area (Å²) in [5.41, 5.74) is 0. The van der Waals surface area contributed by atoms with Gasteiger partial charge in [0.15, 0.2) is 0 Å². The number of carbonyl (C=O) groups excluding carboxylic acids is 2. The molecule has 0 unspecified atom stereocenters. The number of nitrogens with zero attached hydrogens (tertiary/aromatic N) is 1. The molecule has 2 amide bonds. The van der Waals surface area contributed by atoms with Crippen molar-refractivity contribution in [3.8, 4) is 0 Å². The molecule has 0 radical (unpaired) electrons. The first kappa shape index (κ1) is 15.0.